The summed E-state index contributed by atoms with van der Waals surface area (Å²) in [5.41, 5.74) is 9.26. The fourth-order valence-electron chi connectivity index (χ4n) is 2.21. The summed E-state index contributed by atoms with van der Waals surface area (Å²) in [6, 6.07) is 5.66. The lowest BCUT2D eigenvalue weighted by molar-refractivity contribution is 0.0949. The molecule has 2 heterocycles. The van der Waals surface area contributed by atoms with E-state index in [1.807, 2.05) is 6.92 Å². The number of carbonyl (C=O) groups excluding carboxylic acids is 1. The highest BCUT2D eigenvalue weighted by molar-refractivity contribution is 5.94. The highest BCUT2D eigenvalue weighted by Crippen LogP contribution is 2.17. The van der Waals surface area contributed by atoms with Gasteiger partial charge in [-0.2, -0.15) is 9.78 Å². The Bertz CT molecular complexity index is 932. The summed E-state index contributed by atoms with van der Waals surface area (Å²) in [5.74, 6) is -0.704. The molecule has 3 aromatic rings. The number of carbonyl (C=O) groups is 1. The molecule has 0 unspecified atom stereocenters. The monoisotopic (exact) mass is 358 g/mol. The second kappa shape index (κ2) is 7.51. The second-order valence-electron chi connectivity index (χ2n) is 5.27. The smallest absolute Gasteiger partial charge is 0.293 e. The minimum atomic E-state index is -0.548. The minimum Gasteiger partial charge on any atom is -0.378 e. The fraction of sp³-hybridized carbons (Fsp3) is 0.200. The van der Waals surface area contributed by atoms with E-state index in [1.165, 1.54) is 35.2 Å². The molecule has 0 fully saturated rings. The van der Waals surface area contributed by atoms with E-state index in [0.717, 1.165) is 6.42 Å². The number of nitrogens with one attached hydrogen (secondary N) is 1. The maximum absolute atomic E-state index is 12.9. The zero-order valence-electron chi connectivity index (χ0n) is 13.8. The van der Waals surface area contributed by atoms with Crippen molar-refractivity contribution in [3.63, 3.8) is 0 Å². The summed E-state index contributed by atoms with van der Waals surface area (Å²) >= 11 is 0. The molecule has 0 saturated carbocycles. The van der Waals surface area contributed by atoms with Crippen LogP contribution in [-0.2, 0) is 6.42 Å². The molecule has 0 aliphatic carbocycles. The lowest BCUT2D eigenvalue weighted by atomic mass is 10.2. The Morgan fingerprint density at radius 3 is 2.81 bits per heavy atom. The molecule has 0 aliphatic rings. The first kappa shape index (κ1) is 17.2. The van der Waals surface area contributed by atoms with Crippen molar-refractivity contribution in [2.45, 2.75) is 19.8 Å². The van der Waals surface area contributed by atoms with Crippen LogP contribution in [0, 0.1) is 5.82 Å². The van der Waals surface area contributed by atoms with E-state index < -0.39 is 5.91 Å². The molecule has 0 aliphatic heterocycles. The van der Waals surface area contributed by atoms with Crippen LogP contribution in [0.3, 0.4) is 0 Å². The van der Waals surface area contributed by atoms with E-state index in [4.69, 9.17) is 5.73 Å². The number of rotatable bonds is 6. The van der Waals surface area contributed by atoms with Gasteiger partial charge in [0, 0.05) is 0 Å². The van der Waals surface area contributed by atoms with Gasteiger partial charge in [-0.05, 0) is 34.4 Å². The van der Waals surface area contributed by atoms with Gasteiger partial charge in [0.25, 0.3) is 5.91 Å². The van der Waals surface area contributed by atoms with E-state index >= 15 is 0 Å². The molecule has 2 aromatic heterocycles. The summed E-state index contributed by atoms with van der Waals surface area (Å²) < 4.78 is 18.7. The quantitative estimate of drug-likeness (QED) is 0.497. The number of nitrogens with two attached hydrogens (primary N) is 1. The summed E-state index contributed by atoms with van der Waals surface area (Å²) in [5, 5.41) is 18.8. The average Bonchev–Trinajstić information content (AvgIpc) is 3.23. The Hall–Kier alpha value is -3.63. The predicted octanol–water partition coefficient (Wildman–Crippen LogP) is 1.09. The van der Waals surface area contributed by atoms with Crippen LogP contribution in [0.4, 0.5) is 10.2 Å². The van der Waals surface area contributed by atoms with Crippen molar-refractivity contribution < 1.29 is 13.8 Å². The first-order chi connectivity index (χ1) is 12.6. The van der Waals surface area contributed by atoms with Crippen LogP contribution in [0.5, 0.6) is 0 Å². The van der Waals surface area contributed by atoms with Gasteiger partial charge < -0.3 is 5.73 Å². The van der Waals surface area contributed by atoms with Crippen molar-refractivity contribution in [1.29, 1.82) is 0 Å². The number of hydrogen-bond donors (Lipinski definition) is 2. The van der Waals surface area contributed by atoms with E-state index in [1.54, 1.807) is 0 Å². The summed E-state index contributed by atoms with van der Waals surface area (Å²) in [7, 11) is 0. The molecule has 3 rings (SSSR count). The molecule has 0 saturated heterocycles. The van der Waals surface area contributed by atoms with Crippen LogP contribution in [0.15, 0.2) is 34.0 Å². The van der Waals surface area contributed by atoms with Crippen LogP contribution in [-0.4, -0.2) is 37.4 Å². The first-order valence-electron chi connectivity index (χ1n) is 7.72. The third kappa shape index (κ3) is 3.55. The molecule has 26 heavy (non-hydrogen) atoms. The second-order valence-corrected chi connectivity index (χ2v) is 5.27. The average molecular weight is 358 g/mol. The van der Waals surface area contributed by atoms with Crippen molar-refractivity contribution in [2.75, 3.05) is 5.73 Å². The Morgan fingerprint density at radius 1 is 1.38 bits per heavy atom. The maximum atomic E-state index is 12.9. The number of hydrogen-bond acceptors (Lipinski definition) is 8. The number of aromatic nitrogens is 5. The predicted molar refractivity (Wildman–Crippen MR) is 89.1 cm³/mol. The third-order valence-electron chi connectivity index (χ3n) is 3.41. The first-order valence-corrected chi connectivity index (χ1v) is 7.72. The lowest BCUT2D eigenvalue weighted by Gasteiger charge is -2.03. The fourth-order valence-corrected chi connectivity index (χ4v) is 2.21. The van der Waals surface area contributed by atoms with Crippen LogP contribution in [0.1, 0.15) is 35.1 Å². The molecule has 0 radical (unpaired) electrons. The van der Waals surface area contributed by atoms with E-state index in [-0.39, 0.29) is 23.1 Å². The van der Waals surface area contributed by atoms with Gasteiger partial charge in [-0.1, -0.05) is 30.7 Å². The van der Waals surface area contributed by atoms with Crippen LogP contribution in [0.25, 0.3) is 5.82 Å². The van der Waals surface area contributed by atoms with Gasteiger partial charge in [0.1, 0.15) is 5.82 Å². The van der Waals surface area contributed by atoms with E-state index in [9.17, 15) is 9.18 Å². The molecule has 0 atom stereocenters. The van der Waals surface area contributed by atoms with Crippen molar-refractivity contribution in [2.24, 2.45) is 5.10 Å². The van der Waals surface area contributed by atoms with Crippen LogP contribution >= 0.6 is 0 Å². The van der Waals surface area contributed by atoms with Gasteiger partial charge in [0.05, 0.1) is 11.9 Å². The maximum Gasteiger partial charge on any atom is 0.293 e. The number of halogens is 1. The topological polar surface area (TPSA) is 137 Å². The lowest BCUT2D eigenvalue weighted by Crippen LogP contribution is -2.20. The van der Waals surface area contributed by atoms with Crippen molar-refractivity contribution in [3.8, 4) is 5.82 Å². The number of nitrogen functional groups attached to an aromatic ring is 1. The standard InChI is InChI=1S/C15H15FN8O2/c1-2-3-11-12(19-23-24(11)14-13(17)21-26-22-14)15(25)20-18-8-9-4-6-10(16)7-5-9/h4-8H,2-3H2,1H3,(H2,17,21)(H,20,25)/b18-8+. The highest BCUT2D eigenvalue weighted by atomic mass is 19.1. The van der Waals surface area contributed by atoms with Crippen molar-refractivity contribution >= 4 is 17.9 Å². The molecule has 11 heteroatoms. The Morgan fingerprint density at radius 2 is 2.15 bits per heavy atom. The SMILES string of the molecule is CCCc1c(C(=O)N/N=C/c2ccc(F)cc2)nnn1-c1nonc1N. The molecular weight excluding hydrogens is 343 g/mol. The molecule has 1 amide bonds. The Balaban J connectivity index is 1.79. The molecule has 0 spiro atoms. The molecule has 1 aromatic carbocycles. The normalized spacial score (nSPS) is 11.2. The minimum absolute atomic E-state index is 0.0357. The third-order valence-corrected chi connectivity index (χ3v) is 3.41. The highest BCUT2D eigenvalue weighted by Gasteiger charge is 2.23. The number of hydrazone groups is 1. The van der Waals surface area contributed by atoms with Crippen LogP contribution < -0.4 is 11.2 Å². The summed E-state index contributed by atoms with van der Waals surface area (Å²) in [6.07, 6.45) is 2.63. The number of nitrogens with zero attached hydrogens (tertiary/aromatic N) is 6. The molecular formula is C15H15FN8O2. The van der Waals surface area contributed by atoms with Gasteiger partial charge in [0.15, 0.2) is 5.69 Å². The van der Waals surface area contributed by atoms with Gasteiger partial charge in [0.2, 0.25) is 11.6 Å². The number of anilines is 1. The molecule has 3 N–H and O–H groups in total. The molecule has 10 nitrogen and oxygen atoms in total. The molecule has 134 valence electrons. The van der Waals surface area contributed by atoms with Gasteiger partial charge >= 0.3 is 0 Å². The van der Waals surface area contributed by atoms with Crippen LogP contribution in [0.2, 0.25) is 0 Å². The zero-order chi connectivity index (χ0) is 18.5. The summed E-state index contributed by atoms with van der Waals surface area (Å²) in [4.78, 5) is 12.4. The largest absolute Gasteiger partial charge is 0.378 e. The zero-order valence-corrected chi connectivity index (χ0v) is 13.8. The van der Waals surface area contributed by atoms with Gasteiger partial charge in [-0.15, -0.1) is 5.10 Å². The Kier molecular flexibility index (Phi) is 4.97. The summed E-state index contributed by atoms with van der Waals surface area (Å²) in [6.45, 7) is 1.94. The number of benzene rings is 1. The van der Waals surface area contributed by atoms with E-state index in [0.29, 0.717) is 17.7 Å². The van der Waals surface area contributed by atoms with Gasteiger partial charge in [-0.3, -0.25) is 4.79 Å². The van der Waals surface area contributed by atoms with Crippen molar-refractivity contribution in [1.82, 2.24) is 30.7 Å². The number of amides is 1. The van der Waals surface area contributed by atoms with Crippen molar-refractivity contribution in [3.05, 3.63) is 47.0 Å². The van der Waals surface area contributed by atoms with Gasteiger partial charge in [-0.25, -0.2) is 14.4 Å². The Labute approximate surface area is 146 Å². The molecule has 0 bridgehead atoms. The van der Waals surface area contributed by atoms with E-state index in [2.05, 4.69) is 35.8 Å².